The van der Waals surface area contributed by atoms with Gasteiger partial charge in [0, 0.05) is 5.56 Å². The molecule has 0 spiro atoms. The van der Waals surface area contributed by atoms with Crippen molar-refractivity contribution in [2.24, 2.45) is 0 Å². The minimum absolute atomic E-state index is 0.00250. The van der Waals surface area contributed by atoms with Gasteiger partial charge in [0.25, 0.3) is 0 Å². The molecule has 2 aromatic heterocycles. The number of benzene rings is 2. The predicted octanol–water partition coefficient (Wildman–Crippen LogP) is 5.35. The van der Waals surface area contributed by atoms with Crippen LogP contribution in [0.15, 0.2) is 48.5 Å². The quantitative estimate of drug-likeness (QED) is 0.444. The first-order valence-corrected chi connectivity index (χ1v) is 12.1. The number of nitrogens with one attached hydrogen (secondary N) is 1. The lowest BCUT2D eigenvalue weighted by Crippen LogP contribution is -2.15. The van der Waals surface area contributed by atoms with E-state index in [0.29, 0.717) is 18.2 Å². The van der Waals surface area contributed by atoms with Gasteiger partial charge in [-0.05, 0) is 43.2 Å². The highest BCUT2D eigenvalue weighted by Crippen LogP contribution is 2.44. The van der Waals surface area contributed by atoms with Crippen LogP contribution in [0.2, 0.25) is 0 Å². The molecule has 0 aliphatic carbocycles. The van der Waals surface area contributed by atoms with E-state index in [1.807, 2.05) is 43.3 Å². The average molecular weight is 451 g/mol. The summed E-state index contributed by atoms with van der Waals surface area (Å²) in [7, 11) is 0. The number of aromatic nitrogens is 3. The number of hydrogen-bond acceptors (Lipinski definition) is 6. The molecular weight excluding hydrogens is 428 g/mol. The van der Waals surface area contributed by atoms with E-state index < -0.39 is 0 Å². The number of thiazole rings is 1. The van der Waals surface area contributed by atoms with Gasteiger partial charge in [-0.3, -0.25) is 4.79 Å². The molecule has 0 fully saturated rings. The number of anilines is 1. The standard InChI is InChI=1S/C23H22N4O2S2/c1-3-12-29-16-10-8-15(9-11-16)21-20-14(2)26-27(22(20)25-19(28)13-30-21)23-24-17-6-4-5-7-18(17)31-23/h4-11,21H,3,12-13H2,1-2H3,(H,25,28)/t21-/m0/s1. The molecule has 2 aromatic carbocycles. The Bertz CT molecular complexity index is 1210. The fraction of sp³-hybridized carbons (Fsp3) is 0.261. The number of thioether (sulfide) groups is 1. The molecule has 31 heavy (non-hydrogen) atoms. The number of ether oxygens (including phenoxy) is 1. The summed E-state index contributed by atoms with van der Waals surface area (Å²) in [5, 5.41) is 8.60. The molecule has 1 N–H and O–H groups in total. The first-order valence-electron chi connectivity index (χ1n) is 10.2. The van der Waals surface area contributed by atoms with Crippen molar-refractivity contribution in [3.8, 4) is 10.9 Å². The summed E-state index contributed by atoms with van der Waals surface area (Å²) >= 11 is 3.18. The maximum Gasteiger partial charge on any atom is 0.235 e. The Kier molecular flexibility index (Phi) is 5.41. The topological polar surface area (TPSA) is 69.0 Å². The zero-order valence-electron chi connectivity index (χ0n) is 17.3. The second-order valence-corrected chi connectivity index (χ2v) is 9.48. The van der Waals surface area contributed by atoms with E-state index in [-0.39, 0.29) is 11.2 Å². The fourth-order valence-electron chi connectivity index (χ4n) is 3.69. The summed E-state index contributed by atoms with van der Waals surface area (Å²) in [6.07, 6.45) is 0.974. The van der Waals surface area contributed by atoms with Crippen LogP contribution in [-0.2, 0) is 4.79 Å². The Morgan fingerprint density at radius 1 is 1.19 bits per heavy atom. The van der Waals surface area contributed by atoms with Crippen LogP contribution in [0.5, 0.6) is 5.75 Å². The summed E-state index contributed by atoms with van der Waals surface area (Å²) in [4.78, 5) is 17.3. The largest absolute Gasteiger partial charge is 0.494 e. The number of aryl methyl sites for hydroxylation is 1. The SMILES string of the molecule is CCCOc1ccc([C@@H]2SCC(=O)Nc3c2c(C)nn3-c2nc3ccccc3s2)cc1. The molecular formula is C23H22N4O2S2. The van der Waals surface area contributed by atoms with Gasteiger partial charge in [0.2, 0.25) is 11.0 Å². The van der Waals surface area contributed by atoms with Crippen molar-refractivity contribution in [3.05, 3.63) is 65.4 Å². The third-order valence-corrected chi connectivity index (χ3v) is 7.41. The van der Waals surface area contributed by atoms with Gasteiger partial charge in [-0.1, -0.05) is 42.5 Å². The van der Waals surface area contributed by atoms with Crippen molar-refractivity contribution >= 4 is 45.0 Å². The lowest BCUT2D eigenvalue weighted by Gasteiger charge is -2.16. The minimum atomic E-state index is -0.0288. The number of para-hydroxylation sites is 1. The highest BCUT2D eigenvalue weighted by atomic mass is 32.2. The van der Waals surface area contributed by atoms with Crippen molar-refractivity contribution < 1.29 is 9.53 Å². The van der Waals surface area contributed by atoms with Crippen LogP contribution in [0.25, 0.3) is 15.3 Å². The number of carbonyl (C=O) groups excluding carboxylic acids is 1. The first-order chi connectivity index (χ1) is 15.1. The van der Waals surface area contributed by atoms with Gasteiger partial charge in [0.1, 0.15) is 11.6 Å². The molecule has 6 nitrogen and oxygen atoms in total. The normalized spacial score (nSPS) is 16.1. The second kappa shape index (κ2) is 8.36. The molecule has 0 saturated heterocycles. The summed E-state index contributed by atoms with van der Waals surface area (Å²) in [5.74, 6) is 1.93. The van der Waals surface area contributed by atoms with Crippen molar-refractivity contribution in [3.63, 3.8) is 0 Å². The average Bonchev–Trinajstić information content (AvgIpc) is 3.29. The summed E-state index contributed by atoms with van der Waals surface area (Å²) in [6, 6.07) is 16.2. The monoisotopic (exact) mass is 450 g/mol. The van der Waals surface area contributed by atoms with Crippen LogP contribution in [0.1, 0.15) is 35.4 Å². The van der Waals surface area contributed by atoms with Gasteiger partial charge in [-0.2, -0.15) is 9.78 Å². The Labute approximate surface area is 188 Å². The van der Waals surface area contributed by atoms with Crippen molar-refractivity contribution in [1.82, 2.24) is 14.8 Å². The van der Waals surface area contributed by atoms with E-state index >= 15 is 0 Å². The Morgan fingerprint density at radius 3 is 2.77 bits per heavy atom. The maximum atomic E-state index is 12.5. The van der Waals surface area contributed by atoms with E-state index in [2.05, 4.69) is 24.4 Å². The molecule has 4 aromatic rings. The van der Waals surface area contributed by atoms with Gasteiger partial charge in [-0.15, -0.1) is 11.8 Å². The Hall–Kier alpha value is -2.84. The van der Waals surface area contributed by atoms with Gasteiger partial charge in [0.15, 0.2) is 0 Å². The summed E-state index contributed by atoms with van der Waals surface area (Å²) in [6.45, 7) is 4.79. The molecule has 1 aliphatic rings. The number of amides is 1. The number of hydrogen-bond donors (Lipinski definition) is 1. The van der Waals surface area contributed by atoms with E-state index in [1.54, 1.807) is 27.8 Å². The molecule has 0 radical (unpaired) electrons. The highest BCUT2D eigenvalue weighted by molar-refractivity contribution is 8.00. The number of fused-ring (bicyclic) bond motifs is 2. The third kappa shape index (κ3) is 3.81. The highest BCUT2D eigenvalue weighted by Gasteiger charge is 2.31. The molecule has 0 bridgehead atoms. The molecule has 158 valence electrons. The number of nitrogens with zero attached hydrogens (tertiary/aromatic N) is 3. The zero-order valence-corrected chi connectivity index (χ0v) is 18.9. The maximum absolute atomic E-state index is 12.5. The van der Waals surface area contributed by atoms with Gasteiger partial charge in [0.05, 0.1) is 33.5 Å². The molecule has 0 saturated carbocycles. The van der Waals surface area contributed by atoms with E-state index in [4.69, 9.17) is 14.8 Å². The molecule has 0 unspecified atom stereocenters. The molecule has 3 heterocycles. The number of carbonyl (C=O) groups is 1. The van der Waals surface area contributed by atoms with Crippen LogP contribution in [-0.4, -0.2) is 33.0 Å². The summed E-state index contributed by atoms with van der Waals surface area (Å²) in [5.41, 5.74) is 3.97. The van der Waals surface area contributed by atoms with Crippen molar-refractivity contribution in [2.45, 2.75) is 25.5 Å². The van der Waals surface area contributed by atoms with E-state index in [0.717, 1.165) is 44.3 Å². The van der Waals surface area contributed by atoms with Gasteiger partial charge >= 0.3 is 0 Å². The van der Waals surface area contributed by atoms with Crippen LogP contribution in [0, 0.1) is 6.92 Å². The predicted molar refractivity (Wildman–Crippen MR) is 127 cm³/mol. The Balaban J connectivity index is 1.58. The van der Waals surface area contributed by atoms with Gasteiger partial charge < -0.3 is 10.1 Å². The zero-order chi connectivity index (χ0) is 21.4. The fourth-order valence-corrected chi connectivity index (χ4v) is 5.81. The van der Waals surface area contributed by atoms with Crippen LogP contribution >= 0.6 is 23.1 Å². The molecule has 1 atom stereocenters. The smallest absolute Gasteiger partial charge is 0.235 e. The van der Waals surface area contributed by atoms with E-state index in [9.17, 15) is 4.79 Å². The molecule has 1 amide bonds. The van der Waals surface area contributed by atoms with Gasteiger partial charge in [-0.25, -0.2) is 4.98 Å². The van der Waals surface area contributed by atoms with Crippen LogP contribution in [0.4, 0.5) is 5.82 Å². The molecule has 8 heteroatoms. The summed E-state index contributed by atoms with van der Waals surface area (Å²) < 4.78 is 8.60. The third-order valence-electron chi connectivity index (χ3n) is 5.13. The van der Waals surface area contributed by atoms with E-state index in [1.165, 1.54) is 0 Å². The molecule has 1 aliphatic heterocycles. The second-order valence-electron chi connectivity index (χ2n) is 7.38. The van der Waals surface area contributed by atoms with Crippen molar-refractivity contribution in [1.29, 1.82) is 0 Å². The van der Waals surface area contributed by atoms with Crippen LogP contribution < -0.4 is 10.1 Å². The lowest BCUT2D eigenvalue weighted by molar-refractivity contribution is -0.113. The first kappa shape index (κ1) is 20.1. The lowest BCUT2D eigenvalue weighted by atomic mass is 10.0. The minimum Gasteiger partial charge on any atom is -0.494 e. The van der Waals surface area contributed by atoms with Crippen LogP contribution in [0.3, 0.4) is 0 Å². The van der Waals surface area contributed by atoms with Crippen molar-refractivity contribution in [2.75, 3.05) is 17.7 Å². The number of rotatable bonds is 5. The molecule has 5 rings (SSSR count). The Morgan fingerprint density at radius 2 is 2.00 bits per heavy atom.